The lowest BCUT2D eigenvalue weighted by Gasteiger charge is -2.19. The second kappa shape index (κ2) is 8.15. The maximum Gasteiger partial charge on any atom is 0.420 e. The van der Waals surface area contributed by atoms with Crippen LogP contribution in [0.15, 0.2) is 35.8 Å². The van der Waals surface area contributed by atoms with Crippen molar-refractivity contribution in [1.29, 1.82) is 0 Å². The minimum absolute atomic E-state index is 0.0456. The lowest BCUT2D eigenvalue weighted by molar-refractivity contribution is -0.136. The summed E-state index contributed by atoms with van der Waals surface area (Å²) >= 11 is 0. The number of aliphatic hydroxyl groups is 1. The summed E-state index contributed by atoms with van der Waals surface area (Å²) in [5, 5.41) is 12.1. The molecule has 0 bridgehead atoms. The standard InChI is InChI=1S/C20H24N4O6/c1-20(2,3)30-19(28)24-11-21-14-9-12(5-6-15(14)24)22-16-13(18(27)29-4)10-23(7-8-25)17(16)26/h5-6,9,11,22,25H,7-8,10H2,1-4H3. The van der Waals surface area contributed by atoms with Gasteiger partial charge in [-0.3, -0.25) is 4.79 Å². The molecule has 1 aromatic heterocycles. The van der Waals surface area contributed by atoms with Crippen molar-refractivity contribution in [3.63, 3.8) is 0 Å². The molecule has 3 rings (SSSR count). The van der Waals surface area contributed by atoms with Crippen LogP contribution < -0.4 is 5.32 Å². The highest BCUT2D eigenvalue weighted by molar-refractivity contribution is 6.08. The first-order valence-electron chi connectivity index (χ1n) is 9.33. The van der Waals surface area contributed by atoms with Crippen molar-refractivity contribution in [3.05, 3.63) is 35.8 Å². The summed E-state index contributed by atoms with van der Waals surface area (Å²) < 4.78 is 11.4. The van der Waals surface area contributed by atoms with Gasteiger partial charge in [-0.1, -0.05) is 0 Å². The number of fused-ring (bicyclic) bond motifs is 1. The first-order valence-corrected chi connectivity index (χ1v) is 9.33. The molecule has 0 radical (unpaired) electrons. The van der Waals surface area contributed by atoms with Gasteiger partial charge in [-0.15, -0.1) is 0 Å². The van der Waals surface area contributed by atoms with Crippen LogP contribution in [0.3, 0.4) is 0 Å². The fraction of sp³-hybridized carbons (Fsp3) is 0.400. The number of ether oxygens (including phenoxy) is 2. The molecule has 0 atom stereocenters. The summed E-state index contributed by atoms with van der Waals surface area (Å²) in [6, 6.07) is 4.98. The van der Waals surface area contributed by atoms with Crippen LogP contribution in [-0.2, 0) is 19.1 Å². The summed E-state index contributed by atoms with van der Waals surface area (Å²) in [7, 11) is 1.24. The molecular formula is C20H24N4O6. The predicted molar refractivity (Wildman–Crippen MR) is 108 cm³/mol. The van der Waals surface area contributed by atoms with Crippen LogP contribution in [0.25, 0.3) is 11.0 Å². The number of methoxy groups -OCH3 is 1. The van der Waals surface area contributed by atoms with E-state index in [9.17, 15) is 14.4 Å². The third kappa shape index (κ3) is 4.28. The normalized spacial score (nSPS) is 14.4. The minimum atomic E-state index is -0.644. The number of esters is 1. The number of nitrogens with zero attached hydrogens (tertiary/aromatic N) is 3. The molecule has 1 amide bonds. The predicted octanol–water partition coefficient (Wildman–Crippen LogP) is 1.49. The number of carbonyl (C=O) groups is 3. The van der Waals surface area contributed by atoms with E-state index in [-0.39, 0.29) is 31.0 Å². The molecule has 0 saturated carbocycles. The minimum Gasteiger partial charge on any atom is -0.466 e. The zero-order valence-corrected chi connectivity index (χ0v) is 17.3. The molecular weight excluding hydrogens is 392 g/mol. The van der Waals surface area contributed by atoms with Gasteiger partial charge in [-0.25, -0.2) is 19.1 Å². The Kier molecular flexibility index (Phi) is 5.79. The van der Waals surface area contributed by atoms with Crippen LogP contribution >= 0.6 is 0 Å². The Labute approximate surface area is 173 Å². The van der Waals surface area contributed by atoms with E-state index < -0.39 is 23.6 Å². The number of aliphatic hydroxyl groups excluding tert-OH is 1. The highest BCUT2D eigenvalue weighted by Gasteiger charge is 2.34. The second-order valence-corrected chi connectivity index (χ2v) is 7.72. The van der Waals surface area contributed by atoms with E-state index in [1.807, 2.05) is 0 Å². The molecule has 10 heteroatoms. The maximum absolute atomic E-state index is 12.6. The molecule has 2 N–H and O–H groups in total. The molecule has 0 aliphatic carbocycles. The van der Waals surface area contributed by atoms with Crippen molar-refractivity contribution in [2.45, 2.75) is 26.4 Å². The molecule has 0 unspecified atom stereocenters. The molecule has 2 aromatic rings. The number of benzene rings is 1. The van der Waals surface area contributed by atoms with Crippen molar-refractivity contribution in [2.75, 3.05) is 32.1 Å². The summed E-state index contributed by atoms with van der Waals surface area (Å²) in [6.45, 7) is 5.25. The molecule has 0 saturated heterocycles. The van der Waals surface area contributed by atoms with Crippen molar-refractivity contribution in [3.8, 4) is 0 Å². The lowest BCUT2D eigenvalue weighted by atomic mass is 10.2. The van der Waals surface area contributed by atoms with Gasteiger partial charge in [-0.2, -0.15) is 0 Å². The van der Waals surface area contributed by atoms with Gasteiger partial charge in [0.05, 0.1) is 36.9 Å². The quantitative estimate of drug-likeness (QED) is 0.703. The summed E-state index contributed by atoms with van der Waals surface area (Å²) in [5.74, 6) is -1.04. The molecule has 1 aliphatic rings. The van der Waals surface area contributed by atoms with Crippen molar-refractivity contribution in [1.82, 2.24) is 14.5 Å². The van der Waals surface area contributed by atoms with Crippen LogP contribution in [0, 0.1) is 0 Å². The third-order valence-electron chi connectivity index (χ3n) is 4.36. The highest BCUT2D eigenvalue weighted by atomic mass is 16.6. The number of rotatable bonds is 5. The van der Waals surface area contributed by atoms with Crippen LogP contribution in [0.2, 0.25) is 0 Å². The van der Waals surface area contributed by atoms with E-state index in [1.165, 1.54) is 22.9 Å². The summed E-state index contributed by atoms with van der Waals surface area (Å²) in [4.78, 5) is 42.6. The largest absolute Gasteiger partial charge is 0.466 e. The molecule has 2 heterocycles. The number of nitrogens with one attached hydrogen (secondary N) is 1. The van der Waals surface area contributed by atoms with Crippen LogP contribution in [0.5, 0.6) is 0 Å². The topological polar surface area (TPSA) is 123 Å². The molecule has 160 valence electrons. The van der Waals surface area contributed by atoms with Gasteiger partial charge in [-0.05, 0) is 39.0 Å². The number of hydrogen-bond donors (Lipinski definition) is 2. The van der Waals surface area contributed by atoms with Crippen LogP contribution in [0.4, 0.5) is 10.5 Å². The molecule has 30 heavy (non-hydrogen) atoms. The van der Waals surface area contributed by atoms with Crippen LogP contribution in [0.1, 0.15) is 20.8 Å². The zero-order chi connectivity index (χ0) is 22.1. The van der Waals surface area contributed by atoms with E-state index in [2.05, 4.69) is 10.3 Å². The van der Waals surface area contributed by atoms with E-state index in [0.717, 1.165) is 0 Å². The third-order valence-corrected chi connectivity index (χ3v) is 4.36. The van der Waals surface area contributed by atoms with Gasteiger partial charge in [0.25, 0.3) is 5.91 Å². The van der Waals surface area contributed by atoms with Gasteiger partial charge < -0.3 is 24.8 Å². The molecule has 10 nitrogen and oxygen atoms in total. The number of β-amino-alcohol motifs (C(OH)–C–C–N with tert-alkyl or cyclic N) is 1. The van der Waals surface area contributed by atoms with E-state index in [1.54, 1.807) is 39.0 Å². The number of carbonyl (C=O) groups excluding carboxylic acids is 3. The Morgan fingerprint density at radius 2 is 2.03 bits per heavy atom. The molecule has 0 spiro atoms. The average Bonchev–Trinajstić information content (AvgIpc) is 3.22. The summed E-state index contributed by atoms with van der Waals surface area (Å²) in [6.07, 6.45) is 0.817. The van der Waals surface area contributed by atoms with Crippen molar-refractivity contribution < 1.29 is 29.0 Å². The van der Waals surface area contributed by atoms with E-state index in [4.69, 9.17) is 14.6 Å². The first kappa shape index (κ1) is 21.3. The maximum atomic E-state index is 12.6. The number of hydrogen-bond acceptors (Lipinski definition) is 8. The second-order valence-electron chi connectivity index (χ2n) is 7.72. The number of imidazole rings is 1. The Balaban J connectivity index is 1.89. The molecule has 1 aliphatic heterocycles. The molecule has 0 fully saturated rings. The smallest absolute Gasteiger partial charge is 0.420 e. The Hall–Kier alpha value is -3.40. The van der Waals surface area contributed by atoms with E-state index >= 15 is 0 Å². The van der Waals surface area contributed by atoms with Gasteiger partial charge in [0.2, 0.25) is 0 Å². The van der Waals surface area contributed by atoms with Crippen molar-refractivity contribution >= 4 is 34.7 Å². The lowest BCUT2D eigenvalue weighted by Crippen LogP contribution is -2.31. The SMILES string of the molecule is COC(=O)C1=C(Nc2ccc3c(c2)ncn3C(=O)OC(C)(C)C)C(=O)N(CCO)C1. The van der Waals surface area contributed by atoms with Crippen LogP contribution in [-0.4, -0.2) is 69.9 Å². The number of amides is 1. The van der Waals surface area contributed by atoms with Gasteiger partial charge >= 0.3 is 12.1 Å². The zero-order valence-electron chi connectivity index (χ0n) is 17.3. The highest BCUT2D eigenvalue weighted by Crippen LogP contribution is 2.25. The average molecular weight is 416 g/mol. The monoisotopic (exact) mass is 416 g/mol. The summed E-state index contributed by atoms with van der Waals surface area (Å²) in [5.41, 5.74) is 1.17. The van der Waals surface area contributed by atoms with E-state index in [0.29, 0.717) is 16.7 Å². The number of aromatic nitrogens is 2. The van der Waals surface area contributed by atoms with Gasteiger partial charge in [0, 0.05) is 12.2 Å². The van der Waals surface area contributed by atoms with Gasteiger partial charge in [0.15, 0.2) is 0 Å². The van der Waals surface area contributed by atoms with Gasteiger partial charge in [0.1, 0.15) is 17.6 Å². The molecule has 1 aromatic carbocycles. The van der Waals surface area contributed by atoms with Crippen molar-refractivity contribution in [2.24, 2.45) is 0 Å². The Morgan fingerprint density at radius 3 is 2.67 bits per heavy atom. The Morgan fingerprint density at radius 1 is 1.30 bits per heavy atom. The number of anilines is 1. The fourth-order valence-corrected chi connectivity index (χ4v) is 3.04. The fourth-order valence-electron chi connectivity index (χ4n) is 3.04. The first-order chi connectivity index (χ1) is 14.1. The Bertz CT molecular complexity index is 1030.